The van der Waals surface area contributed by atoms with Crippen LogP contribution in [-0.4, -0.2) is 34.3 Å². The smallest absolute Gasteiger partial charge is 0.303 e. The standard InChI is InChI=1S/C19H23Cl3O4/c20-12-7-13(21)9-14(8-12)26-11-16-15(17(22)10-18(16)23)5-3-1-2-4-6-19(24)25/h1,3,7-9,15-18,23H,2,4-6,10-11H2,(H,24,25)/t15-,16-,17-,18-/m1/s1. The van der Waals surface area contributed by atoms with Gasteiger partial charge in [0, 0.05) is 27.8 Å². The first-order chi connectivity index (χ1) is 12.4. The van der Waals surface area contributed by atoms with Crippen LogP contribution in [0.15, 0.2) is 30.4 Å². The summed E-state index contributed by atoms with van der Waals surface area (Å²) in [6.45, 7) is 0.332. The molecule has 4 nitrogen and oxygen atoms in total. The van der Waals surface area contributed by atoms with Crippen molar-refractivity contribution in [1.82, 2.24) is 0 Å². The number of allylic oxidation sites excluding steroid dienone is 2. The van der Waals surface area contributed by atoms with E-state index in [1.807, 2.05) is 12.2 Å². The summed E-state index contributed by atoms with van der Waals surface area (Å²) in [6, 6.07) is 5.00. The number of aliphatic carboxylic acids is 1. The van der Waals surface area contributed by atoms with Gasteiger partial charge in [-0.1, -0.05) is 35.4 Å². The Bertz CT molecular complexity index is 615. The lowest BCUT2D eigenvalue weighted by Crippen LogP contribution is -2.27. The summed E-state index contributed by atoms with van der Waals surface area (Å²) in [4.78, 5) is 10.5. The van der Waals surface area contributed by atoms with Crippen molar-refractivity contribution in [3.63, 3.8) is 0 Å². The molecule has 0 aliphatic heterocycles. The number of hydrogen-bond acceptors (Lipinski definition) is 3. The average Bonchev–Trinajstić information content (AvgIpc) is 2.81. The van der Waals surface area contributed by atoms with E-state index in [4.69, 9.17) is 44.6 Å². The molecule has 1 aliphatic carbocycles. The summed E-state index contributed by atoms with van der Waals surface area (Å²) in [5.74, 6) is -0.205. The number of carboxylic acid groups (broad SMARTS) is 1. The van der Waals surface area contributed by atoms with Gasteiger partial charge in [-0.2, -0.15) is 0 Å². The molecule has 26 heavy (non-hydrogen) atoms. The van der Waals surface area contributed by atoms with Gasteiger partial charge in [0.05, 0.1) is 12.7 Å². The number of halogens is 3. The highest BCUT2D eigenvalue weighted by Gasteiger charge is 2.41. The lowest BCUT2D eigenvalue weighted by molar-refractivity contribution is -0.137. The Morgan fingerprint density at radius 1 is 1.19 bits per heavy atom. The van der Waals surface area contributed by atoms with Gasteiger partial charge in [0.2, 0.25) is 0 Å². The van der Waals surface area contributed by atoms with Crippen molar-refractivity contribution >= 4 is 40.8 Å². The minimum absolute atomic E-state index is 0.0843. The largest absolute Gasteiger partial charge is 0.493 e. The second kappa shape index (κ2) is 10.4. The zero-order chi connectivity index (χ0) is 19.1. The third kappa shape index (κ3) is 6.66. The van der Waals surface area contributed by atoms with Gasteiger partial charge in [0.15, 0.2) is 0 Å². The molecule has 0 unspecified atom stereocenters. The Balaban J connectivity index is 1.88. The molecule has 1 aromatic rings. The maximum atomic E-state index is 10.5. The zero-order valence-electron chi connectivity index (χ0n) is 14.3. The van der Waals surface area contributed by atoms with Crippen LogP contribution >= 0.6 is 34.8 Å². The Labute approximate surface area is 168 Å². The molecule has 1 saturated carbocycles. The van der Waals surface area contributed by atoms with E-state index < -0.39 is 12.1 Å². The molecule has 7 heteroatoms. The van der Waals surface area contributed by atoms with E-state index >= 15 is 0 Å². The Hall–Kier alpha value is -0.940. The van der Waals surface area contributed by atoms with Gasteiger partial charge >= 0.3 is 5.97 Å². The van der Waals surface area contributed by atoms with Gasteiger partial charge in [0.25, 0.3) is 0 Å². The second-order valence-electron chi connectivity index (χ2n) is 6.56. The second-order valence-corrected chi connectivity index (χ2v) is 7.99. The van der Waals surface area contributed by atoms with E-state index in [0.29, 0.717) is 35.2 Å². The summed E-state index contributed by atoms with van der Waals surface area (Å²) in [5, 5.41) is 19.8. The number of carboxylic acids is 1. The molecule has 0 spiro atoms. The van der Waals surface area contributed by atoms with E-state index in [0.717, 1.165) is 12.8 Å². The molecule has 0 bridgehead atoms. The van der Waals surface area contributed by atoms with Crippen LogP contribution in [0.4, 0.5) is 0 Å². The number of alkyl halides is 1. The number of hydrogen-bond donors (Lipinski definition) is 2. The maximum Gasteiger partial charge on any atom is 0.303 e. The maximum absolute atomic E-state index is 10.5. The van der Waals surface area contributed by atoms with Crippen molar-refractivity contribution in [3.05, 3.63) is 40.4 Å². The summed E-state index contributed by atoms with van der Waals surface area (Å²) >= 11 is 18.4. The Morgan fingerprint density at radius 3 is 2.54 bits per heavy atom. The van der Waals surface area contributed by atoms with Gasteiger partial charge < -0.3 is 14.9 Å². The summed E-state index contributed by atoms with van der Waals surface area (Å²) < 4.78 is 5.79. The van der Waals surface area contributed by atoms with Gasteiger partial charge in [-0.15, -0.1) is 11.6 Å². The number of unbranched alkanes of at least 4 members (excludes halogenated alkanes) is 1. The predicted molar refractivity (Wildman–Crippen MR) is 104 cm³/mol. The monoisotopic (exact) mass is 420 g/mol. The van der Waals surface area contributed by atoms with E-state index in [1.54, 1.807) is 18.2 Å². The topological polar surface area (TPSA) is 66.8 Å². The van der Waals surface area contributed by atoms with Gasteiger partial charge in [-0.25, -0.2) is 0 Å². The molecule has 0 saturated heterocycles. The lowest BCUT2D eigenvalue weighted by atomic mass is 9.92. The quantitative estimate of drug-likeness (QED) is 0.327. The van der Waals surface area contributed by atoms with E-state index in [9.17, 15) is 9.90 Å². The number of aliphatic hydroxyl groups excluding tert-OH is 1. The van der Waals surface area contributed by atoms with E-state index in [-0.39, 0.29) is 23.6 Å². The molecule has 1 fully saturated rings. The zero-order valence-corrected chi connectivity index (χ0v) is 16.6. The SMILES string of the molecule is O=C(O)CCCC=CC[C@@H]1[C@@H](COc2cc(Cl)cc(Cl)c2)[C@H](O)C[C@H]1Cl. The highest BCUT2D eigenvalue weighted by atomic mass is 35.5. The average molecular weight is 422 g/mol. The number of carbonyl (C=O) groups is 1. The van der Waals surface area contributed by atoms with Crippen LogP contribution < -0.4 is 4.74 Å². The van der Waals surface area contributed by atoms with Crippen LogP contribution in [0.1, 0.15) is 32.1 Å². The van der Waals surface area contributed by atoms with Crippen molar-refractivity contribution in [2.24, 2.45) is 11.8 Å². The molecule has 144 valence electrons. The lowest BCUT2D eigenvalue weighted by Gasteiger charge is -2.22. The van der Waals surface area contributed by atoms with Crippen LogP contribution in [0, 0.1) is 11.8 Å². The molecule has 2 N–H and O–H groups in total. The van der Waals surface area contributed by atoms with Crippen molar-refractivity contribution < 1.29 is 19.7 Å². The first kappa shape index (κ1) is 21.4. The first-order valence-corrected chi connectivity index (χ1v) is 9.84. The minimum atomic E-state index is -0.781. The fourth-order valence-corrected chi connectivity index (χ4v) is 4.22. The molecule has 0 aromatic heterocycles. The number of ether oxygens (including phenoxy) is 1. The summed E-state index contributed by atoms with van der Waals surface area (Å²) in [6.07, 6.45) is 6.24. The molecular weight excluding hydrogens is 399 g/mol. The van der Waals surface area contributed by atoms with Crippen LogP contribution in [0.5, 0.6) is 5.75 Å². The molecule has 2 rings (SSSR count). The van der Waals surface area contributed by atoms with Gasteiger partial charge in [-0.05, 0) is 49.8 Å². The van der Waals surface area contributed by atoms with Crippen molar-refractivity contribution in [2.75, 3.05) is 6.61 Å². The van der Waals surface area contributed by atoms with E-state index in [2.05, 4.69) is 0 Å². The molecular formula is C19H23Cl3O4. The summed E-state index contributed by atoms with van der Waals surface area (Å²) in [7, 11) is 0. The van der Waals surface area contributed by atoms with Crippen molar-refractivity contribution in [2.45, 2.75) is 43.6 Å². The van der Waals surface area contributed by atoms with Crippen LogP contribution in [-0.2, 0) is 4.79 Å². The molecule has 4 atom stereocenters. The Morgan fingerprint density at radius 2 is 1.88 bits per heavy atom. The van der Waals surface area contributed by atoms with Crippen LogP contribution in [0.2, 0.25) is 10.0 Å². The summed E-state index contributed by atoms with van der Waals surface area (Å²) in [5.41, 5.74) is 0. The number of benzene rings is 1. The highest BCUT2D eigenvalue weighted by Crippen LogP contribution is 2.39. The molecule has 0 radical (unpaired) electrons. The first-order valence-electron chi connectivity index (χ1n) is 8.64. The van der Waals surface area contributed by atoms with Gasteiger partial charge in [0.1, 0.15) is 5.75 Å². The third-order valence-corrected chi connectivity index (χ3v) is 5.53. The fraction of sp³-hybridized carbons (Fsp3) is 0.526. The van der Waals surface area contributed by atoms with Crippen molar-refractivity contribution in [3.8, 4) is 5.75 Å². The molecule has 1 aliphatic rings. The van der Waals surface area contributed by atoms with Crippen LogP contribution in [0.25, 0.3) is 0 Å². The number of rotatable bonds is 9. The number of aliphatic hydroxyl groups is 1. The predicted octanol–water partition coefficient (Wildman–Crippen LogP) is 5.18. The fourth-order valence-electron chi connectivity index (χ4n) is 3.24. The third-order valence-electron chi connectivity index (χ3n) is 4.59. The molecule has 0 heterocycles. The Kier molecular flexibility index (Phi) is 8.55. The highest BCUT2D eigenvalue weighted by molar-refractivity contribution is 6.34. The minimum Gasteiger partial charge on any atom is -0.493 e. The molecule has 1 aromatic carbocycles. The van der Waals surface area contributed by atoms with Crippen molar-refractivity contribution in [1.29, 1.82) is 0 Å². The van der Waals surface area contributed by atoms with Gasteiger partial charge in [-0.3, -0.25) is 4.79 Å². The van der Waals surface area contributed by atoms with E-state index in [1.165, 1.54) is 0 Å². The normalized spacial score (nSPS) is 25.7. The van der Waals surface area contributed by atoms with Crippen LogP contribution in [0.3, 0.4) is 0 Å². The molecule has 0 amide bonds.